The van der Waals surface area contributed by atoms with Gasteiger partial charge in [-0.05, 0) is 67.1 Å². The van der Waals surface area contributed by atoms with E-state index in [0.29, 0.717) is 35.5 Å². The Labute approximate surface area is 251 Å². The second-order valence-corrected chi connectivity index (χ2v) is 10.7. The molecular formula is C31H29N7O6. The Bertz CT molecular complexity index is 1860. The summed E-state index contributed by atoms with van der Waals surface area (Å²) in [5.41, 5.74) is 4.99. The summed E-state index contributed by atoms with van der Waals surface area (Å²) in [5, 5.41) is 15.5. The molecule has 2 aromatic carbocycles. The summed E-state index contributed by atoms with van der Waals surface area (Å²) < 4.78 is 6.75. The van der Waals surface area contributed by atoms with E-state index >= 15 is 0 Å². The molecule has 1 aliphatic carbocycles. The lowest BCUT2D eigenvalue weighted by molar-refractivity contribution is -0.118. The third-order valence-electron chi connectivity index (χ3n) is 7.70. The molecule has 13 nitrogen and oxygen atoms in total. The molecule has 44 heavy (non-hydrogen) atoms. The quantitative estimate of drug-likeness (QED) is 0.240. The maximum atomic E-state index is 13.6. The zero-order valence-corrected chi connectivity index (χ0v) is 24.0. The fourth-order valence-corrected chi connectivity index (χ4v) is 5.51. The van der Waals surface area contributed by atoms with Crippen LogP contribution in [0.1, 0.15) is 73.0 Å². The standard InChI is InChI=1S/C31H29N7O6/c1-16(39)13-32-29(41)20-4-5-21-19(17(20)2)6-7-22(21)37-31(43)25-12-24(35-27-9-10-34-38(25)27)30(42)33-14-18-3-8-26-23(11-18)36-28(40)15-44-26/h3-5,8-12,22H,6-7,13-15H2,1-2H3,(H,32,41)(H,33,42)(H,36,40)(H,37,43)/t22-/m0/s1. The molecule has 4 amide bonds. The van der Waals surface area contributed by atoms with E-state index in [2.05, 4.69) is 31.3 Å². The minimum Gasteiger partial charge on any atom is -0.482 e. The van der Waals surface area contributed by atoms with Crippen LogP contribution in [0.25, 0.3) is 5.65 Å². The van der Waals surface area contributed by atoms with Crippen LogP contribution in [0.15, 0.2) is 48.7 Å². The summed E-state index contributed by atoms with van der Waals surface area (Å²) in [6, 6.07) is 11.5. The molecule has 0 saturated heterocycles. The Kier molecular flexibility index (Phi) is 7.51. The molecule has 2 aromatic heterocycles. The lowest BCUT2D eigenvalue weighted by atomic mass is 9.97. The molecule has 13 heteroatoms. The Morgan fingerprint density at radius 3 is 2.70 bits per heavy atom. The Hall–Kier alpha value is -5.59. The van der Waals surface area contributed by atoms with Gasteiger partial charge in [-0.1, -0.05) is 12.1 Å². The van der Waals surface area contributed by atoms with Gasteiger partial charge in [0.15, 0.2) is 12.3 Å². The highest BCUT2D eigenvalue weighted by Gasteiger charge is 2.29. The first-order valence-corrected chi connectivity index (χ1v) is 14.1. The third-order valence-corrected chi connectivity index (χ3v) is 7.70. The number of carbonyl (C=O) groups is 5. The number of nitrogens with zero attached hydrogens (tertiary/aromatic N) is 3. The number of ether oxygens (including phenoxy) is 1. The fraction of sp³-hybridized carbons (Fsp3) is 0.258. The van der Waals surface area contributed by atoms with Crippen molar-refractivity contribution in [1.29, 1.82) is 0 Å². The highest BCUT2D eigenvalue weighted by Crippen LogP contribution is 2.35. The van der Waals surface area contributed by atoms with Gasteiger partial charge in [0.25, 0.3) is 23.6 Å². The average Bonchev–Trinajstić information content (AvgIpc) is 3.65. The highest BCUT2D eigenvalue weighted by atomic mass is 16.5. The predicted molar refractivity (Wildman–Crippen MR) is 157 cm³/mol. The van der Waals surface area contributed by atoms with Crippen LogP contribution in [0.5, 0.6) is 5.75 Å². The topological polar surface area (TPSA) is 173 Å². The number of hydrogen-bond acceptors (Lipinski definition) is 8. The fourth-order valence-electron chi connectivity index (χ4n) is 5.51. The van der Waals surface area contributed by atoms with Gasteiger partial charge in [-0.25, -0.2) is 9.50 Å². The average molecular weight is 596 g/mol. The molecule has 0 bridgehead atoms. The summed E-state index contributed by atoms with van der Waals surface area (Å²) in [4.78, 5) is 66.6. The van der Waals surface area contributed by atoms with Crippen molar-refractivity contribution < 1.29 is 28.7 Å². The molecule has 0 unspecified atom stereocenters. The summed E-state index contributed by atoms with van der Waals surface area (Å²) in [7, 11) is 0. The molecule has 1 aliphatic heterocycles. The molecule has 0 radical (unpaired) electrons. The van der Waals surface area contributed by atoms with Gasteiger partial charge >= 0.3 is 0 Å². The third kappa shape index (κ3) is 5.59. The number of hydrogen-bond donors (Lipinski definition) is 4. The Morgan fingerprint density at radius 2 is 1.89 bits per heavy atom. The van der Waals surface area contributed by atoms with E-state index in [9.17, 15) is 24.0 Å². The number of nitrogens with one attached hydrogen (secondary N) is 4. The zero-order chi connectivity index (χ0) is 31.0. The van der Waals surface area contributed by atoms with Crippen molar-refractivity contribution in [2.24, 2.45) is 0 Å². The number of anilines is 1. The minimum atomic E-state index is -0.488. The molecule has 6 rings (SSSR count). The van der Waals surface area contributed by atoms with Crippen molar-refractivity contribution in [3.8, 4) is 5.75 Å². The van der Waals surface area contributed by atoms with Crippen molar-refractivity contribution in [1.82, 2.24) is 30.5 Å². The van der Waals surface area contributed by atoms with Crippen LogP contribution in [0.4, 0.5) is 5.69 Å². The first kappa shape index (κ1) is 28.5. The molecule has 2 aliphatic rings. The number of aromatic nitrogens is 3. The largest absolute Gasteiger partial charge is 0.482 e. The lowest BCUT2D eigenvalue weighted by Gasteiger charge is -2.18. The molecule has 224 valence electrons. The van der Waals surface area contributed by atoms with Crippen LogP contribution in [0.2, 0.25) is 0 Å². The molecule has 1 atom stereocenters. The maximum absolute atomic E-state index is 13.6. The van der Waals surface area contributed by atoms with Crippen LogP contribution in [-0.4, -0.2) is 57.2 Å². The molecule has 3 heterocycles. The molecule has 0 saturated carbocycles. The number of amides is 4. The number of benzene rings is 2. The van der Waals surface area contributed by atoms with Crippen LogP contribution in [0.3, 0.4) is 0 Å². The van der Waals surface area contributed by atoms with E-state index < -0.39 is 11.8 Å². The SMILES string of the molecule is CC(=O)CNC(=O)c1ccc2c(c1C)CC[C@@H]2NC(=O)c1cc(C(=O)NCc2ccc3c(c2)NC(=O)CO3)nc2ccnn12. The van der Waals surface area contributed by atoms with Gasteiger partial charge in [0.05, 0.1) is 24.5 Å². The summed E-state index contributed by atoms with van der Waals surface area (Å²) in [6.07, 6.45) is 2.80. The number of ketones is 1. The van der Waals surface area contributed by atoms with Crippen LogP contribution in [-0.2, 0) is 22.6 Å². The van der Waals surface area contributed by atoms with Crippen LogP contribution < -0.4 is 26.0 Å². The van der Waals surface area contributed by atoms with Crippen molar-refractivity contribution >= 4 is 40.7 Å². The summed E-state index contributed by atoms with van der Waals surface area (Å²) in [5.74, 6) is -1.07. The Morgan fingerprint density at radius 1 is 1.05 bits per heavy atom. The smallest absolute Gasteiger partial charge is 0.270 e. The van der Waals surface area contributed by atoms with Gasteiger partial charge in [0.2, 0.25) is 0 Å². The minimum absolute atomic E-state index is 0.0367. The van der Waals surface area contributed by atoms with Gasteiger partial charge in [-0.3, -0.25) is 24.0 Å². The van der Waals surface area contributed by atoms with E-state index in [1.54, 1.807) is 30.3 Å². The van der Waals surface area contributed by atoms with Crippen LogP contribution >= 0.6 is 0 Å². The van der Waals surface area contributed by atoms with Gasteiger partial charge in [-0.15, -0.1) is 0 Å². The van der Waals surface area contributed by atoms with E-state index in [1.807, 2.05) is 13.0 Å². The first-order chi connectivity index (χ1) is 21.2. The number of carbonyl (C=O) groups excluding carboxylic acids is 5. The summed E-state index contributed by atoms with van der Waals surface area (Å²) >= 11 is 0. The van der Waals surface area contributed by atoms with Gasteiger partial charge in [0.1, 0.15) is 22.9 Å². The van der Waals surface area contributed by atoms with E-state index in [1.165, 1.54) is 23.7 Å². The second kappa shape index (κ2) is 11.6. The number of rotatable bonds is 8. The van der Waals surface area contributed by atoms with Crippen molar-refractivity contribution in [3.05, 3.63) is 87.9 Å². The normalized spacial score (nSPS) is 15.0. The molecule has 4 aromatic rings. The van der Waals surface area contributed by atoms with E-state index in [4.69, 9.17) is 4.74 Å². The predicted octanol–water partition coefficient (Wildman–Crippen LogP) is 2.03. The van der Waals surface area contributed by atoms with E-state index in [0.717, 1.165) is 22.3 Å². The van der Waals surface area contributed by atoms with Crippen molar-refractivity contribution in [2.45, 2.75) is 39.3 Å². The number of fused-ring (bicyclic) bond motifs is 3. The zero-order valence-electron chi connectivity index (χ0n) is 24.0. The van der Waals surface area contributed by atoms with Gasteiger partial charge in [-0.2, -0.15) is 5.10 Å². The Balaban J connectivity index is 1.18. The highest BCUT2D eigenvalue weighted by molar-refractivity contribution is 5.99. The lowest BCUT2D eigenvalue weighted by Crippen LogP contribution is -2.31. The van der Waals surface area contributed by atoms with Crippen molar-refractivity contribution in [3.63, 3.8) is 0 Å². The molecule has 0 spiro atoms. The summed E-state index contributed by atoms with van der Waals surface area (Å²) in [6.45, 7) is 3.35. The monoisotopic (exact) mass is 595 g/mol. The second-order valence-electron chi connectivity index (χ2n) is 10.7. The van der Waals surface area contributed by atoms with E-state index in [-0.39, 0.29) is 54.7 Å². The maximum Gasteiger partial charge on any atom is 0.270 e. The molecular weight excluding hydrogens is 566 g/mol. The number of Topliss-reactive ketones (excluding diaryl/α,β-unsaturated/α-hetero) is 1. The van der Waals surface area contributed by atoms with Gasteiger partial charge in [0, 0.05) is 24.2 Å². The van der Waals surface area contributed by atoms with Crippen molar-refractivity contribution in [2.75, 3.05) is 18.5 Å². The van der Waals surface area contributed by atoms with Crippen LogP contribution in [0, 0.1) is 6.92 Å². The first-order valence-electron chi connectivity index (χ1n) is 14.1. The van der Waals surface area contributed by atoms with Gasteiger partial charge < -0.3 is 26.0 Å². The molecule has 4 N–H and O–H groups in total. The molecule has 0 fully saturated rings.